The maximum Gasteiger partial charge on any atom is 0.257 e. The lowest BCUT2D eigenvalue weighted by molar-refractivity contribution is 0.102. The molecule has 0 spiro atoms. The number of furan rings is 1. The summed E-state index contributed by atoms with van der Waals surface area (Å²) in [6.07, 6.45) is 2.82. The molecule has 3 heterocycles. The number of nitrogens with zero attached hydrogens (tertiary/aromatic N) is 2. The third kappa shape index (κ3) is 4.26. The molecule has 2 aromatic heterocycles. The topological polar surface area (TPSA) is 92.5 Å². The third-order valence-electron chi connectivity index (χ3n) is 4.79. The minimum atomic E-state index is -3.51. The Labute approximate surface area is 173 Å². The van der Waals surface area contributed by atoms with Crippen LogP contribution in [0.2, 0.25) is 0 Å². The fourth-order valence-corrected chi connectivity index (χ4v) is 5.43. The van der Waals surface area contributed by atoms with Gasteiger partial charge in [0, 0.05) is 24.0 Å². The van der Waals surface area contributed by atoms with E-state index in [1.165, 1.54) is 39.9 Å². The molecule has 0 unspecified atom stereocenters. The maximum absolute atomic E-state index is 12.7. The van der Waals surface area contributed by atoms with Crippen molar-refractivity contribution in [3.63, 3.8) is 0 Å². The number of carbonyl (C=O) groups is 1. The Morgan fingerprint density at radius 1 is 1.10 bits per heavy atom. The number of amides is 1. The van der Waals surface area contributed by atoms with E-state index in [0.717, 1.165) is 25.0 Å². The number of rotatable bonds is 5. The van der Waals surface area contributed by atoms with E-state index in [2.05, 4.69) is 10.3 Å². The Bertz CT molecular complexity index is 1110. The molecule has 1 N–H and O–H groups in total. The first-order valence-electron chi connectivity index (χ1n) is 9.37. The first kappa shape index (κ1) is 19.8. The zero-order chi connectivity index (χ0) is 20.4. The molecule has 0 saturated carbocycles. The number of carbonyl (C=O) groups excluding carboxylic acids is 1. The number of piperidine rings is 1. The number of aromatic nitrogens is 1. The molecule has 1 fully saturated rings. The molecule has 1 amide bonds. The van der Waals surface area contributed by atoms with Gasteiger partial charge >= 0.3 is 0 Å². The number of aryl methyl sites for hydroxylation is 1. The van der Waals surface area contributed by atoms with Gasteiger partial charge in [-0.15, -0.1) is 11.3 Å². The smallest absolute Gasteiger partial charge is 0.257 e. The van der Waals surface area contributed by atoms with Crippen LogP contribution in [0.3, 0.4) is 0 Å². The van der Waals surface area contributed by atoms with Crippen molar-refractivity contribution in [1.29, 1.82) is 0 Å². The van der Waals surface area contributed by atoms with E-state index in [1.807, 2.05) is 24.4 Å². The van der Waals surface area contributed by atoms with E-state index in [9.17, 15) is 13.2 Å². The molecule has 0 bridgehead atoms. The molecular weight excluding hydrogens is 410 g/mol. The Morgan fingerprint density at radius 3 is 2.48 bits per heavy atom. The van der Waals surface area contributed by atoms with E-state index < -0.39 is 10.0 Å². The van der Waals surface area contributed by atoms with Crippen LogP contribution in [0.4, 0.5) is 5.13 Å². The Morgan fingerprint density at radius 2 is 1.83 bits per heavy atom. The quantitative estimate of drug-likeness (QED) is 0.655. The van der Waals surface area contributed by atoms with Crippen molar-refractivity contribution in [3.05, 3.63) is 53.1 Å². The van der Waals surface area contributed by atoms with Crippen LogP contribution in [0.15, 0.2) is 51.1 Å². The molecule has 1 saturated heterocycles. The first-order valence-corrected chi connectivity index (χ1v) is 11.7. The summed E-state index contributed by atoms with van der Waals surface area (Å²) in [5, 5.41) is 5.00. The van der Waals surface area contributed by atoms with Gasteiger partial charge in [0.1, 0.15) is 11.5 Å². The van der Waals surface area contributed by atoms with Crippen molar-refractivity contribution in [2.75, 3.05) is 18.4 Å². The third-order valence-corrected chi connectivity index (χ3v) is 7.46. The average Bonchev–Trinajstić information content (AvgIpc) is 3.37. The fourth-order valence-electron chi connectivity index (χ4n) is 3.22. The molecule has 9 heteroatoms. The van der Waals surface area contributed by atoms with Crippen LogP contribution in [-0.4, -0.2) is 36.7 Å². The van der Waals surface area contributed by atoms with Gasteiger partial charge in [0.2, 0.25) is 10.0 Å². The van der Waals surface area contributed by atoms with Gasteiger partial charge in [-0.1, -0.05) is 6.42 Å². The van der Waals surface area contributed by atoms with Gasteiger partial charge in [-0.3, -0.25) is 10.1 Å². The molecule has 4 rings (SSSR count). The number of hydrogen-bond acceptors (Lipinski definition) is 6. The predicted octanol–water partition coefficient (Wildman–Crippen LogP) is 4.14. The lowest BCUT2D eigenvalue weighted by Gasteiger charge is -2.25. The SMILES string of the molecule is Cc1ccc(-c2csc(NC(=O)c3ccc(S(=O)(=O)N4CCCCC4)cc3)n2)o1. The molecule has 152 valence electrons. The zero-order valence-corrected chi connectivity index (χ0v) is 17.6. The van der Waals surface area contributed by atoms with E-state index in [1.54, 1.807) is 0 Å². The summed E-state index contributed by atoms with van der Waals surface area (Å²) in [5.41, 5.74) is 1.02. The summed E-state index contributed by atoms with van der Waals surface area (Å²) in [6.45, 7) is 2.95. The van der Waals surface area contributed by atoms with Crippen LogP contribution in [-0.2, 0) is 10.0 Å². The van der Waals surface area contributed by atoms with Gasteiger partial charge in [-0.05, 0) is 56.2 Å². The van der Waals surface area contributed by atoms with Crippen molar-refractivity contribution in [2.45, 2.75) is 31.1 Å². The van der Waals surface area contributed by atoms with Gasteiger partial charge in [-0.2, -0.15) is 4.31 Å². The minimum Gasteiger partial charge on any atom is -0.460 e. The number of thiazole rings is 1. The van der Waals surface area contributed by atoms with Crippen LogP contribution in [0.5, 0.6) is 0 Å². The second kappa shape index (κ2) is 8.10. The molecule has 0 aliphatic carbocycles. The minimum absolute atomic E-state index is 0.209. The summed E-state index contributed by atoms with van der Waals surface area (Å²) in [4.78, 5) is 17.1. The zero-order valence-electron chi connectivity index (χ0n) is 15.9. The van der Waals surface area contributed by atoms with Gasteiger partial charge in [-0.25, -0.2) is 13.4 Å². The highest BCUT2D eigenvalue weighted by Gasteiger charge is 2.26. The molecule has 29 heavy (non-hydrogen) atoms. The molecule has 7 nitrogen and oxygen atoms in total. The van der Waals surface area contributed by atoms with Gasteiger partial charge in [0.15, 0.2) is 10.9 Å². The van der Waals surface area contributed by atoms with Crippen LogP contribution >= 0.6 is 11.3 Å². The summed E-state index contributed by atoms with van der Waals surface area (Å²) >= 11 is 1.30. The van der Waals surface area contributed by atoms with Crippen molar-refractivity contribution in [3.8, 4) is 11.5 Å². The average molecular weight is 432 g/mol. The van der Waals surface area contributed by atoms with Crippen LogP contribution in [0, 0.1) is 6.92 Å². The fraction of sp³-hybridized carbons (Fsp3) is 0.300. The second-order valence-electron chi connectivity index (χ2n) is 6.89. The first-order chi connectivity index (χ1) is 13.9. The Kier molecular flexibility index (Phi) is 5.53. The molecule has 1 aliphatic rings. The van der Waals surface area contributed by atoms with Crippen LogP contribution < -0.4 is 5.32 Å². The highest BCUT2D eigenvalue weighted by molar-refractivity contribution is 7.89. The molecule has 0 radical (unpaired) electrons. The molecular formula is C20H21N3O4S2. The van der Waals surface area contributed by atoms with E-state index >= 15 is 0 Å². The van der Waals surface area contributed by atoms with Crippen molar-refractivity contribution in [1.82, 2.24) is 9.29 Å². The molecule has 0 atom stereocenters. The van der Waals surface area contributed by atoms with Gasteiger partial charge < -0.3 is 4.42 Å². The van der Waals surface area contributed by atoms with Gasteiger partial charge in [0.05, 0.1) is 4.90 Å². The standard InChI is InChI=1S/C20H21N3O4S2/c1-14-5-10-18(27-14)17-13-28-20(21-17)22-19(24)15-6-8-16(9-7-15)29(25,26)23-11-3-2-4-12-23/h5-10,13H,2-4,11-12H2,1H3,(H,21,22,24). The van der Waals surface area contributed by atoms with E-state index in [-0.39, 0.29) is 10.8 Å². The Balaban J connectivity index is 1.45. The molecule has 1 aliphatic heterocycles. The molecule has 3 aromatic rings. The van der Waals surface area contributed by atoms with Crippen molar-refractivity contribution >= 4 is 32.4 Å². The van der Waals surface area contributed by atoms with Crippen molar-refractivity contribution in [2.24, 2.45) is 0 Å². The number of anilines is 1. The number of benzene rings is 1. The largest absolute Gasteiger partial charge is 0.460 e. The Hall–Kier alpha value is -2.49. The van der Waals surface area contributed by atoms with Gasteiger partial charge in [0.25, 0.3) is 5.91 Å². The van der Waals surface area contributed by atoms with Crippen LogP contribution in [0.1, 0.15) is 35.4 Å². The summed E-state index contributed by atoms with van der Waals surface area (Å²) < 4.78 is 32.5. The highest BCUT2D eigenvalue weighted by Crippen LogP contribution is 2.27. The maximum atomic E-state index is 12.7. The number of nitrogens with one attached hydrogen (secondary N) is 1. The van der Waals surface area contributed by atoms with E-state index in [0.29, 0.717) is 35.2 Å². The lowest BCUT2D eigenvalue weighted by Crippen LogP contribution is -2.35. The predicted molar refractivity (Wildman–Crippen MR) is 112 cm³/mol. The number of hydrogen-bond donors (Lipinski definition) is 1. The summed E-state index contributed by atoms with van der Waals surface area (Å²) in [6, 6.07) is 9.70. The van der Waals surface area contributed by atoms with E-state index in [4.69, 9.17) is 4.42 Å². The number of sulfonamides is 1. The summed E-state index contributed by atoms with van der Waals surface area (Å²) in [7, 11) is -3.51. The monoisotopic (exact) mass is 431 g/mol. The molecule has 1 aromatic carbocycles. The highest BCUT2D eigenvalue weighted by atomic mass is 32.2. The van der Waals surface area contributed by atoms with Crippen LogP contribution in [0.25, 0.3) is 11.5 Å². The second-order valence-corrected chi connectivity index (χ2v) is 9.69. The lowest BCUT2D eigenvalue weighted by atomic mass is 10.2. The van der Waals surface area contributed by atoms with Crippen molar-refractivity contribution < 1.29 is 17.6 Å². The summed E-state index contributed by atoms with van der Waals surface area (Å²) in [5.74, 6) is 1.09. The normalized spacial score (nSPS) is 15.3.